The molecule has 0 aromatic heterocycles. The molecular weight excluding hydrogens is 288 g/mol. The summed E-state index contributed by atoms with van der Waals surface area (Å²) in [5.74, 6) is -0.318. The number of amides is 4. The summed E-state index contributed by atoms with van der Waals surface area (Å²) in [5, 5.41) is 5.00. The normalized spacial score (nSPS) is 16.1. The zero-order valence-corrected chi connectivity index (χ0v) is 13.8. The molecule has 8 heteroatoms. The van der Waals surface area contributed by atoms with E-state index in [0.717, 1.165) is 4.90 Å². The van der Waals surface area contributed by atoms with Gasteiger partial charge in [-0.25, -0.2) is 9.59 Å². The van der Waals surface area contributed by atoms with Crippen molar-refractivity contribution >= 4 is 18.0 Å². The van der Waals surface area contributed by atoms with Crippen LogP contribution < -0.4 is 15.5 Å². The minimum atomic E-state index is -0.484. The van der Waals surface area contributed by atoms with Crippen LogP contribution in [0.15, 0.2) is 0 Å². The van der Waals surface area contributed by atoms with E-state index in [-0.39, 0.29) is 24.1 Å². The lowest BCUT2D eigenvalue weighted by atomic mass is 10.1. The number of nitrogens with zero attached hydrogens (tertiary/aromatic N) is 1. The molecule has 22 heavy (non-hydrogen) atoms. The van der Waals surface area contributed by atoms with Crippen molar-refractivity contribution in [2.75, 3.05) is 39.3 Å². The molecule has 1 aliphatic heterocycles. The Morgan fingerprint density at radius 2 is 1.77 bits per heavy atom. The van der Waals surface area contributed by atoms with Crippen LogP contribution in [-0.4, -0.2) is 67.8 Å². The van der Waals surface area contributed by atoms with Crippen LogP contribution in [0.3, 0.4) is 0 Å². The first-order valence-corrected chi connectivity index (χ1v) is 7.58. The van der Waals surface area contributed by atoms with Gasteiger partial charge in [0.15, 0.2) is 6.54 Å². The number of urea groups is 1. The highest BCUT2D eigenvalue weighted by Crippen LogP contribution is 1.97. The Hall–Kier alpha value is -1.83. The molecule has 4 amide bonds. The Morgan fingerprint density at radius 1 is 1.18 bits per heavy atom. The first-order valence-electron chi connectivity index (χ1n) is 7.58. The third kappa shape index (κ3) is 6.75. The highest BCUT2D eigenvalue weighted by molar-refractivity contribution is 5.94. The van der Waals surface area contributed by atoms with Crippen LogP contribution in [0.2, 0.25) is 0 Å². The first kappa shape index (κ1) is 18.2. The summed E-state index contributed by atoms with van der Waals surface area (Å²) in [7, 11) is 0. The van der Waals surface area contributed by atoms with E-state index in [1.807, 2.05) is 20.8 Å². The summed E-state index contributed by atoms with van der Waals surface area (Å²) < 4.78 is 4.94. The molecule has 8 nitrogen and oxygen atoms in total. The Bertz CT molecular complexity index is 412. The Kier molecular flexibility index (Phi) is 6.61. The number of carbonyl (C=O) groups excluding carboxylic acids is 3. The van der Waals surface area contributed by atoms with E-state index in [2.05, 4.69) is 10.6 Å². The zero-order chi connectivity index (χ0) is 16.8. The second kappa shape index (κ2) is 7.98. The minimum Gasteiger partial charge on any atom is -0.450 e. The van der Waals surface area contributed by atoms with Gasteiger partial charge in [0, 0.05) is 5.54 Å². The second-order valence-corrected chi connectivity index (χ2v) is 6.37. The SMILES string of the molecule is CCOC(=O)N1CC[NH+](CC(=O)NC(=O)NC(C)(C)C)CC1. The van der Waals surface area contributed by atoms with Gasteiger partial charge in [-0.3, -0.25) is 15.0 Å². The van der Waals surface area contributed by atoms with E-state index < -0.39 is 6.03 Å². The Morgan fingerprint density at radius 3 is 2.27 bits per heavy atom. The molecule has 0 aromatic carbocycles. The van der Waals surface area contributed by atoms with E-state index in [1.54, 1.807) is 11.8 Å². The van der Waals surface area contributed by atoms with Gasteiger partial charge in [-0.15, -0.1) is 0 Å². The van der Waals surface area contributed by atoms with Crippen LogP contribution in [-0.2, 0) is 9.53 Å². The lowest BCUT2D eigenvalue weighted by molar-refractivity contribution is -0.896. The largest absolute Gasteiger partial charge is 0.450 e. The van der Waals surface area contributed by atoms with Crippen LogP contribution in [0.1, 0.15) is 27.7 Å². The summed E-state index contributed by atoms with van der Waals surface area (Å²) in [6, 6.07) is -0.484. The van der Waals surface area contributed by atoms with Crippen LogP contribution in [0, 0.1) is 0 Å². The van der Waals surface area contributed by atoms with Crippen molar-refractivity contribution in [2.45, 2.75) is 33.2 Å². The number of hydrogen-bond acceptors (Lipinski definition) is 4. The number of quaternary nitrogens is 1. The molecule has 1 saturated heterocycles. The summed E-state index contributed by atoms with van der Waals surface area (Å²) in [6.07, 6.45) is -0.310. The Labute approximate surface area is 131 Å². The number of piperazine rings is 1. The summed E-state index contributed by atoms with van der Waals surface area (Å²) >= 11 is 0. The van der Waals surface area contributed by atoms with Crippen LogP contribution >= 0.6 is 0 Å². The third-order valence-electron chi connectivity index (χ3n) is 3.15. The van der Waals surface area contributed by atoms with Gasteiger partial charge in [0.25, 0.3) is 5.91 Å². The molecule has 1 rings (SSSR count). The average molecular weight is 315 g/mol. The fourth-order valence-corrected chi connectivity index (χ4v) is 2.17. The molecule has 0 unspecified atom stereocenters. The van der Waals surface area contributed by atoms with Crippen molar-refractivity contribution in [3.8, 4) is 0 Å². The van der Waals surface area contributed by atoms with Crippen molar-refractivity contribution in [3.63, 3.8) is 0 Å². The molecule has 1 aliphatic rings. The maximum absolute atomic E-state index is 11.8. The lowest BCUT2D eigenvalue weighted by Crippen LogP contribution is -3.16. The van der Waals surface area contributed by atoms with Gasteiger partial charge in [-0.1, -0.05) is 0 Å². The summed E-state index contributed by atoms with van der Waals surface area (Å²) in [4.78, 5) is 37.7. The molecule has 126 valence electrons. The van der Waals surface area contributed by atoms with Gasteiger partial charge in [-0.05, 0) is 27.7 Å². The molecule has 0 aromatic rings. The smallest absolute Gasteiger partial charge is 0.410 e. The molecule has 1 heterocycles. The van der Waals surface area contributed by atoms with Gasteiger partial charge >= 0.3 is 12.1 Å². The van der Waals surface area contributed by atoms with Crippen LogP contribution in [0.4, 0.5) is 9.59 Å². The molecule has 0 spiro atoms. The highest BCUT2D eigenvalue weighted by Gasteiger charge is 2.26. The highest BCUT2D eigenvalue weighted by atomic mass is 16.6. The van der Waals surface area contributed by atoms with Crippen molar-refractivity contribution in [1.82, 2.24) is 15.5 Å². The average Bonchev–Trinajstić information content (AvgIpc) is 2.37. The van der Waals surface area contributed by atoms with Gasteiger partial charge in [0.1, 0.15) is 0 Å². The van der Waals surface area contributed by atoms with E-state index in [4.69, 9.17) is 4.74 Å². The van der Waals surface area contributed by atoms with Gasteiger partial charge in [0.05, 0.1) is 32.8 Å². The molecule has 0 saturated carbocycles. The fourth-order valence-electron chi connectivity index (χ4n) is 2.17. The molecular formula is C14H27N4O4+. The van der Waals surface area contributed by atoms with Crippen LogP contribution in [0.5, 0.6) is 0 Å². The number of carbonyl (C=O) groups is 3. The van der Waals surface area contributed by atoms with E-state index in [1.165, 1.54) is 0 Å². The zero-order valence-electron chi connectivity index (χ0n) is 13.8. The van der Waals surface area contributed by atoms with Gasteiger partial charge in [0.2, 0.25) is 0 Å². The minimum absolute atomic E-state index is 0.216. The van der Waals surface area contributed by atoms with Gasteiger partial charge < -0.3 is 15.0 Å². The van der Waals surface area contributed by atoms with Crippen molar-refractivity contribution < 1.29 is 24.0 Å². The second-order valence-electron chi connectivity index (χ2n) is 6.37. The molecule has 3 N–H and O–H groups in total. The predicted molar refractivity (Wildman–Crippen MR) is 80.6 cm³/mol. The van der Waals surface area contributed by atoms with E-state index >= 15 is 0 Å². The van der Waals surface area contributed by atoms with Crippen molar-refractivity contribution in [3.05, 3.63) is 0 Å². The molecule has 0 aliphatic carbocycles. The monoisotopic (exact) mass is 315 g/mol. The number of hydrogen-bond donors (Lipinski definition) is 3. The van der Waals surface area contributed by atoms with E-state index in [0.29, 0.717) is 32.8 Å². The van der Waals surface area contributed by atoms with Crippen LogP contribution in [0.25, 0.3) is 0 Å². The first-order chi connectivity index (χ1) is 10.2. The maximum Gasteiger partial charge on any atom is 0.410 e. The van der Waals surface area contributed by atoms with Crippen molar-refractivity contribution in [1.29, 1.82) is 0 Å². The molecule has 0 atom stereocenters. The molecule has 1 fully saturated rings. The maximum atomic E-state index is 11.8. The number of imide groups is 1. The summed E-state index contributed by atoms with van der Waals surface area (Å²) in [6.45, 7) is 10.3. The van der Waals surface area contributed by atoms with Gasteiger partial charge in [-0.2, -0.15) is 0 Å². The quantitative estimate of drug-likeness (QED) is 0.621. The number of nitrogens with one attached hydrogen (secondary N) is 3. The predicted octanol–water partition coefficient (Wildman–Crippen LogP) is -1.03. The standard InChI is InChI=1S/C14H26N4O4/c1-5-22-13(21)18-8-6-17(7-9-18)10-11(19)15-12(20)16-14(2,3)4/h5-10H2,1-4H3,(H2,15,16,19,20)/p+1. The van der Waals surface area contributed by atoms with Crippen molar-refractivity contribution in [2.24, 2.45) is 0 Å². The molecule has 0 radical (unpaired) electrons. The molecule has 0 bridgehead atoms. The number of rotatable bonds is 3. The third-order valence-corrected chi connectivity index (χ3v) is 3.15. The van der Waals surface area contributed by atoms with E-state index in [9.17, 15) is 14.4 Å². The topological polar surface area (TPSA) is 92.2 Å². The summed E-state index contributed by atoms with van der Waals surface area (Å²) in [5.41, 5.74) is -0.386. The fraction of sp³-hybridized carbons (Fsp3) is 0.786. The lowest BCUT2D eigenvalue weighted by Gasteiger charge is -2.31. The number of ether oxygens (including phenoxy) is 1. The Balaban J connectivity index is 2.30.